The predicted octanol–water partition coefficient (Wildman–Crippen LogP) is 7.46. The summed E-state index contributed by atoms with van der Waals surface area (Å²) in [5.41, 5.74) is 7.79. The number of carbonyl (C=O) groups is 1. The molecule has 4 rings (SSSR count). The van der Waals surface area contributed by atoms with Gasteiger partial charge in [0, 0.05) is 17.4 Å². The smallest absolute Gasteiger partial charge is 0.272 e. The van der Waals surface area contributed by atoms with E-state index in [1.807, 2.05) is 47.5 Å². The first-order valence-electron chi connectivity index (χ1n) is 13.7. The summed E-state index contributed by atoms with van der Waals surface area (Å²) in [6, 6.07) is 25.1. The van der Waals surface area contributed by atoms with Crippen molar-refractivity contribution in [1.29, 1.82) is 0 Å². The number of nitrogens with zero attached hydrogens (tertiary/aromatic N) is 3. The van der Waals surface area contributed by atoms with Crippen LogP contribution in [0.3, 0.4) is 0 Å². The van der Waals surface area contributed by atoms with Crippen molar-refractivity contribution in [3.05, 3.63) is 113 Å². The van der Waals surface area contributed by atoms with Crippen molar-refractivity contribution in [2.45, 2.75) is 72.4 Å². The molecule has 0 N–H and O–H groups in total. The molecule has 1 heterocycles. The van der Waals surface area contributed by atoms with E-state index in [9.17, 15) is 4.79 Å². The summed E-state index contributed by atoms with van der Waals surface area (Å²) in [7, 11) is 1.84. The molecule has 1 aromatic heterocycles. The molecule has 0 bridgehead atoms. The van der Waals surface area contributed by atoms with E-state index in [4.69, 9.17) is 0 Å². The lowest BCUT2D eigenvalue weighted by atomic mass is 9.62. The molecule has 0 aliphatic carbocycles. The zero-order valence-electron chi connectivity index (χ0n) is 23.6. The molecule has 0 atom stereocenters. The van der Waals surface area contributed by atoms with Gasteiger partial charge in [0.15, 0.2) is 5.81 Å². The van der Waals surface area contributed by atoms with E-state index >= 15 is 0 Å². The van der Waals surface area contributed by atoms with Crippen LogP contribution in [0.5, 0.6) is 0 Å². The highest BCUT2D eigenvalue weighted by atomic mass is 16.2. The number of carbonyl (C=O) groups excluding carboxylic acids is 1. The highest BCUT2D eigenvalue weighted by molar-refractivity contribution is 6.86. The molecule has 1 amide bonds. The second kappa shape index (κ2) is 12.3. The van der Waals surface area contributed by atoms with E-state index in [-0.39, 0.29) is 5.81 Å². The highest BCUT2D eigenvalue weighted by Crippen LogP contribution is 2.24. The maximum Gasteiger partial charge on any atom is 0.272 e. The molecule has 4 aromatic rings. The van der Waals surface area contributed by atoms with Crippen molar-refractivity contribution in [2.24, 2.45) is 0 Å². The summed E-state index contributed by atoms with van der Waals surface area (Å²) in [4.78, 5) is 15.9. The van der Waals surface area contributed by atoms with Gasteiger partial charge in [-0.3, -0.25) is 9.48 Å². The Morgan fingerprint density at radius 1 is 0.789 bits per heavy atom. The second-order valence-electron chi connectivity index (χ2n) is 11.0. The van der Waals surface area contributed by atoms with Gasteiger partial charge in [-0.2, -0.15) is 5.10 Å². The Morgan fingerprint density at radius 3 is 2.00 bits per heavy atom. The van der Waals surface area contributed by atoms with Crippen LogP contribution in [0.25, 0.3) is 0 Å². The van der Waals surface area contributed by atoms with Crippen molar-refractivity contribution in [3.63, 3.8) is 0 Å². The van der Waals surface area contributed by atoms with Crippen molar-refractivity contribution in [3.8, 4) is 0 Å². The van der Waals surface area contributed by atoms with Crippen LogP contribution in [0.2, 0.25) is 0 Å². The quantitative estimate of drug-likeness (QED) is 0.210. The average Bonchev–Trinajstić information content (AvgIpc) is 3.34. The number of anilines is 1. The fraction of sp³-hybridized carbons (Fsp3) is 0.333. The maximum absolute atomic E-state index is 14.0. The number of benzene rings is 3. The summed E-state index contributed by atoms with van der Waals surface area (Å²) in [6.07, 6.45) is 3.91. The summed E-state index contributed by atoms with van der Waals surface area (Å²) in [5.74, 6) is 1.06. The minimum absolute atomic E-state index is 0.0203. The molecule has 0 aliphatic heterocycles. The molecule has 195 valence electrons. The highest BCUT2D eigenvalue weighted by Gasteiger charge is 2.23. The van der Waals surface area contributed by atoms with E-state index in [1.54, 1.807) is 0 Å². The molecule has 5 heteroatoms. The van der Waals surface area contributed by atoms with E-state index in [2.05, 4.69) is 101 Å². The number of aromatic nitrogens is 2. The number of hydrogen-bond acceptors (Lipinski definition) is 2. The summed E-state index contributed by atoms with van der Waals surface area (Å²) >= 11 is 0. The molecule has 38 heavy (non-hydrogen) atoms. The molecular formula is C33H39BN3O. The maximum atomic E-state index is 14.0. The molecule has 0 aliphatic rings. The van der Waals surface area contributed by atoms with E-state index in [0.717, 1.165) is 16.7 Å². The third-order valence-corrected chi connectivity index (χ3v) is 7.04. The van der Waals surface area contributed by atoms with Gasteiger partial charge in [0.25, 0.3) is 7.28 Å². The van der Waals surface area contributed by atoms with E-state index in [1.165, 1.54) is 22.3 Å². The van der Waals surface area contributed by atoms with Crippen LogP contribution in [0.4, 0.5) is 10.5 Å². The van der Waals surface area contributed by atoms with Crippen LogP contribution >= 0.6 is 0 Å². The Morgan fingerprint density at radius 2 is 1.42 bits per heavy atom. The van der Waals surface area contributed by atoms with Gasteiger partial charge in [-0.1, -0.05) is 119 Å². The zero-order valence-corrected chi connectivity index (χ0v) is 23.6. The van der Waals surface area contributed by atoms with Gasteiger partial charge in [0.2, 0.25) is 0 Å². The lowest BCUT2D eigenvalue weighted by Gasteiger charge is -2.25. The Labute approximate surface area is 228 Å². The summed E-state index contributed by atoms with van der Waals surface area (Å²) in [5, 5.41) is 4.58. The van der Waals surface area contributed by atoms with Gasteiger partial charge in [-0.15, -0.1) is 0 Å². The molecule has 0 fully saturated rings. The Kier molecular flexibility index (Phi) is 8.88. The van der Waals surface area contributed by atoms with Gasteiger partial charge in [0.05, 0.1) is 19.3 Å². The van der Waals surface area contributed by atoms with Gasteiger partial charge in [-0.25, -0.2) is 0 Å². The minimum Gasteiger partial charge on any atom is -0.317 e. The van der Waals surface area contributed by atoms with Crippen LogP contribution in [-0.4, -0.2) is 22.9 Å². The Balaban J connectivity index is 1.65. The number of rotatable bonds is 10. The minimum atomic E-state index is -0.0203. The molecule has 0 spiro atoms. The van der Waals surface area contributed by atoms with Crippen molar-refractivity contribution >= 4 is 24.2 Å². The average molecular weight is 505 g/mol. The molecule has 0 unspecified atom stereocenters. The third-order valence-electron chi connectivity index (χ3n) is 7.04. The van der Waals surface area contributed by atoms with Crippen LogP contribution in [0.15, 0.2) is 85.2 Å². The van der Waals surface area contributed by atoms with Gasteiger partial charge < -0.3 is 4.90 Å². The first kappa shape index (κ1) is 27.4. The van der Waals surface area contributed by atoms with Crippen molar-refractivity contribution < 1.29 is 4.79 Å². The van der Waals surface area contributed by atoms with Crippen LogP contribution in [0.1, 0.15) is 87.1 Å². The first-order valence-corrected chi connectivity index (χ1v) is 13.7. The fourth-order valence-corrected chi connectivity index (χ4v) is 4.84. The monoisotopic (exact) mass is 504 g/mol. The van der Waals surface area contributed by atoms with Crippen LogP contribution < -0.4 is 10.4 Å². The molecule has 1 radical (unpaired) electrons. The van der Waals surface area contributed by atoms with Gasteiger partial charge >= 0.3 is 0 Å². The van der Waals surface area contributed by atoms with Crippen LogP contribution in [0, 0.1) is 0 Å². The number of amides is 1. The van der Waals surface area contributed by atoms with Crippen LogP contribution in [-0.2, 0) is 13.1 Å². The van der Waals surface area contributed by atoms with Crippen molar-refractivity contribution in [1.82, 2.24) is 9.78 Å². The molecule has 4 nitrogen and oxygen atoms in total. The second-order valence-corrected chi connectivity index (χ2v) is 11.0. The zero-order chi connectivity index (χ0) is 27.2. The SMILES string of the molecule is CC(C)c1ccc(N(Cc2cnn(Cc3ccccc3)c2)C(=O)[B]c2c(C(C)C)cccc2C(C)C)cc1. The van der Waals surface area contributed by atoms with Gasteiger partial charge in [-0.05, 0) is 41.0 Å². The lowest BCUT2D eigenvalue weighted by molar-refractivity contribution is 0.263. The van der Waals surface area contributed by atoms with Crippen molar-refractivity contribution in [2.75, 3.05) is 4.90 Å². The molecule has 3 aromatic carbocycles. The van der Waals surface area contributed by atoms with E-state index in [0.29, 0.717) is 30.8 Å². The molecular weight excluding hydrogens is 465 g/mol. The Bertz CT molecular complexity index is 1310. The summed E-state index contributed by atoms with van der Waals surface area (Å²) in [6.45, 7) is 14.3. The Hall–Kier alpha value is -3.60. The summed E-state index contributed by atoms with van der Waals surface area (Å²) < 4.78 is 1.93. The molecule has 0 saturated carbocycles. The normalized spacial score (nSPS) is 11.4. The largest absolute Gasteiger partial charge is 0.317 e. The third kappa shape index (κ3) is 6.63. The topological polar surface area (TPSA) is 38.1 Å². The van der Waals surface area contributed by atoms with E-state index < -0.39 is 0 Å². The number of hydrogen-bond donors (Lipinski definition) is 0. The van der Waals surface area contributed by atoms with Gasteiger partial charge in [0.1, 0.15) is 0 Å². The first-order chi connectivity index (χ1) is 18.2. The predicted molar refractivity (Wildman–Crippen MR) is 160 cm³/mol. The molecule has 0 saturated heterocycles. The lowest BCUT2D eigenvalue weighted by Crippen LogP contribution is -2.41. The standard InChI is InChI=1S/C33H39BN3O/c1-23(2)28-15-17-29(18-16-28)37(22-27-19-35-36(21-27)20-26-11-8-7-9-12-26)33(38)34-32-30(24(3)4)13-10-14-31(32)25(5)6/h7-19,21,23-25H,20,22H2,1-6H3. The fourth-order valence-electron chi connectivity index (χ4n) is 4.84.